The molecule has 1 saturated carbocycles. The average molecular weight is 430 g/mol. The summed E-state index contributed by atoms with van der Waals surface area (Å²) < 4.78 is 0. The molecule has 0 atom stereocenters. The Morgan fingerprint density at radius 1 is 1.22 bits per heavy atom. The molecule has 1 aliphatic carbocycles. The van der Waals surface area contributed by atoms with Crippen LogP contribution in [0.25, 0.3) is 0 Å². The Balaban J connectivity index is 0.00000264. The van der Waals surface area contributed by atoms with Crippen LogP contribution < -0.4 is 10.6 Å². The zero-order valence-electron chi connectivity index (χ0n) is 14.1. The molecule has 2 rings (SSSR count). The molecule has 1 aromatic carbocycles. The number of rotatable bonds is 4. The Hall–Kier alpha value is -1.31. The molecule has 1 aromatic rings. The Kier molecular flexibility index (Phi) is 8.36. The quantitative estimate of drug-likeness (QED) is 0.439. The van der Waals surface area contributed by atoms with Crippen LogP contribution in [0.1, 0.15) is 41.6 Å². The van der Waals surface area contributed by atoms with Gasteiger partial charge in [-0.3, -0.25) is 9.79 Å². The highest BCUT2D eigenvalue weighted by Crippen LogP contribution is 2.17. The van der Waals surface area contributed by atoms with E-state index in [1.807, 2.05) is 24.3 Å². The van der Waals surface area contributed by atoms with E-state index >= 15 is 0 Å². The van der Waals surface area contributed by atoms with Gasteiger partial charge in [0.1, 0.15) is 0 Å². The predicted octanol–water partition coefficient (Wildman–Crippen LogP) is 2.61. The van der Waals surface area contributed by atoms with E-state index in [4.69, 9.17) is 0 Å². The third-order valence-electron chi connectivity index (χ3n) is 3.99. The van der Waals surface area contributed by atoms with Crippen molar-refractivity contribution >= 4 is 35.8 Å². The number of nitrogens with one attached hydrogen (secondary N) is 2. The van der Waals surface area contributed by atoms with Crippen LogP contribution in [0.5, 0.6) is 0 Å². The minimum Gasteiger partial charge on any atom is -0.354 e. The molecule has 0 aromatic heterocycles. The normalized spacial score (nSPS) is 15.0. The molecule has 0 heterocycles. The van der Waals surface area contributed by atoms with Crippen LogP contribution in [-0.4, -0.2) is 44.0 Å². The third kappa shape index (κ3) is 6.01. The molecule has 1 amide bonds. The zero-order valence-corrected chi connectivity index (χ0v) is 16.5. The van der Waals surface area contributed by atoms with E-state index in [1.165, 1.54) is 25.7 Å². The number of guanidine groups is 1. The van der Waals surface area contributed by atoms with Crippen molar-refractivity contribution in [1.82, 2.24) is 15.5 Å². The largest absolute Gasteiger partial charge is 0.354 e. The van der Waals surface area contributed by atoms with Crippen LogP contribution in [0, 0.1) is 0 Å². The van der Waals surface area contributed by atoms with E-state index < -0.39 is 0 Å². The molecule has 0 spiro atoms. The second-order valence-electron chi connectivity index (χ2n) is 5.95. The van der Waals surface area contributed by atoms with Gasteiger partial charge in [-0.05, 0) is 30.5 Å². The molecule has 128 valence electrons. The first kappa shape index (κ1) is 19.7. The van der Waals surface area contributed by atoms with Crippen molar-refractivity contribution in [2.24, 2.45) is 4.99 Å². The standard InChI is InChI=1S/C17H26N4O.HI/c1-18-17(20-15-6-4-5-7-15)19-12-13-8-10-14(11-9-13)16(22)21(2)3;/h8-11,15H,4-7,12H2,1-3H3,(H2,18,19,20);1H. The van der Waals surface area contributed by atoms with Gasteiger partial charge in [-0.1, -0.05) is 25.0 Å². The molecule has 0 bridgehead atoms. The SMILES string of the molecule is CN=C(NCc1ccc(C(=O)N(C)C)cc1)NC1CCCC1.I. The lowest BCUT2D eigenvalue weighted by Crippen LogP contribution is -2.41. The fraction of sp³-hybridized carbons (Fsp3) is 0.529. The lowest BCUT2D eigenvalue weighted by Gasteiger charge is -2.17. The number of halogens is 1. The maximum atomic E-state index is 11.8. The Bertz CT molecular complexity index is 522. The highest BCUT2D eigenvalue weighted by Gasteiger charge is 2.15. The summed E-state index contributed by atoms with van der Waals surface area (Å²) in [6, 6.07) is 8.24. The first-order valence-corrected chi connectivity index (χ1v) is 7.88. The van der Waals surface area contributed by atoms with Crippen LogP contribution in [0.15, 0.2) is 29.3 Å². The summed E-state index contributed by atoms with van der Waals surface area (Å²) in [5.74, 6) is 0.874. The van der Waals surface area contributed by atoms with Crippen LogP contribution in [0.4, 0.5) is 0 Å². The summed E-state index contributed by atoms with van der Waals surface area (Å²) in [7, 11) is 5.32. The van der Waals surface area contributed by atoms with Gasteiger partial charge >= 0.3 is 0 Å². The molecule has 0 unspecified atom stereocenters. The molecular formula is C17H27IN4O. The molecule has 6 heteroatoms. The molecule has 1 fully saturated rings. The third-order valence-corrected chi connectivity index (χ3v) is 3.99. The van der Waals surface area contributed by atoms with Gasteiger partial charge in [-0.2, -0.15) is 0 Å². The van der Waals surface area contributed by atoms with Gasteiger partial charge in [0.15, 0.2) is 5.96 Å². The van der Waals surface area contributed by atoms with Crippen molar-refractivity contribution in [1.29, 1.82) is 0 Å². The van der Waals surface area contributed by atoms with Crippen LogP contribution >= 0.6 is 24.0 Å². The first-order valence-electron chi connectivity index (χ1n) is 7.88. The maximum absolute atomic E-state index is 11.8. The van der Waals surface area contributed by atoms with Gasteiger partial charge < -0.3 is 15.5 Å². The Labute approximate surface area is 156 Å². The van der Waals surface area contributed by atoms with Crippen LogP contribution in [-0.2, 0) is 6.54 Å². The van der Waals surface area contributed by atoms with Gasteiger partial charge in [-0.25, -0.2) is 0 Å². The number of benzene rings is 1. The van der Waals surface area contributed by atoms with E-state index in [1.54, 1.807) is 26.0 Å². The van der Waals surface area contributed by atoms with E-state index in [0.717, 1.165) is 11.5 Å². The second kappa shape index (κ2) is 9.75. The minimum absolute atomic E-state index is 0. The molecule has 23 heavy (non-hydrogen) atoms. The van der Waals surface area contributed by atoms with Gasteiger partial charge in [0.05, 0.1) is 0 Å². The van der Waals surface area contributed by atoms with E-state index in [2.05, 4.69) is 15.6 Å². The van der Waals surface area contributed by atoms with Crippen molar-refractivity contribution in [3.05, 3.63) is 35.4 Å². The van der Waals surface area contributed by atoms with Crippen LogP contribution in [0.3, 0.4) is 0 Å². The van der Waals surface area contributed by atoms with Gasteiger partial charge in [0.25, 0.3) is 5.91 Å². The first-order chi connectivity index (χ1) is 10.6. The van der Waals surface area contributed by atoms with Crippen molar-refractivity contribution in [2.45, 2.75) is 38.3 Å². The van der Waals surface area contributed by atoms with Crippen molar-refractivity contribution in [3.8, 4) is 0 Å². The molecule has 0 aliphatic heterocycles. The number of hydrogen-bond donors (Lipinski definition) is 2. The number of carbonyl (C=O) groups is 1. The number of hydrogen-bond acceptors (Lipinski definition) is 2. The number of amides is 1. The molecule has 1 aliphatic rings. The molecule has 0 radical (unpaired) electrons. The summed E-state index contributed by atoms with van der Waals surface area (Å²) in [5.41, 5.74) is 1.84. The zero-order chi connectivity index (χ0) is 15.9. The van der Waals surface area contributed by atoms with Crippen molar-refractivity contribution in [2.75, 3.05) is 21.1 Å². The fourth-order valence-electron chi connectivity index (χ4n) is 2.67. The molecule has 0 saturated heterocycles. The monoisotopic (exact) mass is 430 g/mol. The summed E-state index contributed by atoms with van der Waals surface area (Å²) in [5, 5.41) is 6.79. The van der Waals surface area contributed by atoms with Gasteiger partial charge in [-0.15, -0.1) is 24.0 Å². The number of nitrogens with zero attached hydrogens (tertiary/aromatic N) is 2. The summed E-state index contributed by atoms with van der Waals surface area (Å²) in [6.45, 7) is 0.697. The summed E-state index contributed by atoms with van der Waals surface area (Å²) >= 11 is 0. The fourth-order valence-corrected chi connectivity index (χ4v) is 2.67. The average Bonchev–Trinajstić information content (AvgIpc) is 3.04. The highest BCUT2D eigenvalue weighted by molar-refractivity contribution is 14.0. The highest BCUT2D eigenvalue weighted by atomic mass is 127. The molecule has 2 N–H and O–H groups in total. The summed E-state index contributed by atoms with van der Waals surface area (Å²) in [6.07, 6.45) is 5.05. The minimum atomic E-state index is 0. The number of aliphatic imine (C=N–C) groups is 1. The predicted molar refractivity (Wildman–Crippen MR) is 105 cm³/mol. The molecular weight excluding hydrogens is 403 g/mol. The van der Waals surface area contributed by atoms with Crippen molar-refractivity contribution in [3.63, 3.8) is 0 Å². The van der Waals surface area contributed by atoms with E-state index in [-0.39, 0.29) is 29.9 Å². The summed E-state index contributed by atoms with van der Waals surface area (Å²) in [4.78, 5) is 17.7. The molecule has 5 nitrogen and oxygen atoms in total. The maximum Gasteiger partial charge on any atom is 0.253 e. The van der Waals surface area contributed by atoms with Crippen molar-refractivity contribution < 1.29 is 4.79 Å². The smallest absolute Gasteiger partial charge is 0.253 e. The van der Waals surface area contributed by atoms with Gasteiger partial charge in [0, 0.05) is 39.3 Å². The Morgan fingerprint density at radius 3 is 2.35 bits per heavy atom. The lowest BCUT2D eigenvalue weighted by atomic mass is 10.1. The van der Waals surface area contributed by atoms with Crippen LogP contribution in [0.2, 0.25) is 0 Å². The Morgan fingerprint density at radius 2 is 1.83 bits per heavy atom. The lowest BCUT2D eigenvalue weighted by molar-refractivity contribution is 0.0827. The second-order valence-corrected chi connectivity index (χ2v) is 5.95. The number of carbonyl (C=O) groups excluding carboxylic acids is 1. The van der Waals surface area contributed by atoms with E-state index in [0.29, 0.717) is 18.2 Å². The van der Waals surface area contributed by atoms with E-state index in [9.17, 15) is 4.79 Å². The van der Waals surface area contributed by atoms with Gasteiger partial charge in [0.2, 0.25) is 0 Å². The topological polar surface area (TPSA) is 56.7 Å².